The third kappa shape index (κ3) is 2.20. The second kappa shape index (κ2) is 4.94. The number of aromatic nitrogens is 1. The molecule has 1 fully saturated rings. The molecule has 106 valence electrons. The second-order valence-electron chi connectivity index (χ2n) is 5.77. The highest BCUT2D eigenvalue weighted by Gasteiger charge is 2.23. The van der Waals surface area contributed by atoms with Gasteiger partial charge in [0, 0.05) is 37.1 Å². The molecule has 20 heavy (non-hydrogen) atoms. The monoisotopic (exact) mass is 271 g/mol. The summed E-state index contributed by atoms with van der Waals surface area (Å²) in [7, 11) is 2.10. The van der Waals surface area contributed by atoms with E-state index >= 15 is 0 Å². The van der Waals surface area contributed by atoms with Crippen LogP contribution in [0.4, 0.5) is 0 Å². The number of carbonyl (C=O) groups is 1. The number of nitrogens with zero attached hydrogens (tertiary/aromatic N) is 2. The minimum absolute atomic E-state index is 0.129. The summed E-state index contributed by atoms with van der Waals surface area (Å²) < 4.78 is 0. The molecule has 1 aromatic heterocycles. The summed E-state index contributed by atoms with van der Waals surface area (Å²) in [6.07, 6.45) is 0. The lowest BCUT2D eigenvalue weighted by Gasteiger charge is -2.32. The van der Waals surface area contributed by atoms with E-state index in [1.807, 2.05) is 11.8 Å². The highest BCUT2D eigenvalue weighted by atomic mass is 16.2. The number of hydrogen-bond acceptors (Lipinski definition) is 2. The average molecular weight is 271 g/mol. The average Bonchev–Trinajstić information content (AvgIpc) is 2.75. The molecule has 0 saturated carbocycles. The number of nitrogens with one attached hydrogen (secondary N) is 1. The molecule has 4 nitrogen and oxygen atoms in total. The van der Waals surface area contributed by atoms with Crippen molar-refractivity contribution in [2.24, 2.45) is 0 Å². The standard InChI is InChI=1S/C16H21N3O/c1-11-4-5-13-12(2)15(17-14(13)10-11)16(20)19-8-6-18(3)7-9-19/h4-5,10,17H,6-9H2,1-3H3. The Morgan fingerprint density at radius 2 is 1.85 bits per heavy atom. The molecule has 2 aromatic rings. The highest BCUT2D eigenvalue weighted by molar-refractivity contribution is 6.01. The van der Waals surface area contributed by atoms with E-state index in [0.29, 0.717) is 0 Å². The predicted molar refractivity (Wildman–Crippen MR) is 81.2 cm³/mol. The van der Waals surface area contributed by atoms with Crippen LogP contribution < -0.4 is 0 Å². The molecule has 3 rings (SSSR count). The first-order chi connectivity index (χ1) is 9.56. The zero-order chi connectivity index (χ0) is 14.3. The van der Waals surface area contributed by atoms with Gasteiger partial charge >= 0.3 is 0 Å². The molecule has 4 heteroatoms. The third-order valence-corrected chi connectivity index (χ3v) is 4.22. The van der Waals surface area contributed by atoms with Gasteiger partial charge in [0.1, 0.15) is 5.69 Å². The van der Waals surface area contributed by atoms with Gasteiger partial charge in [0.25, 0.3) is 5.91 Å². The van der Waals surface area contributed by atoms with Crippen LogP contribution in [0.1, 0.15) is 21.6 Å². The Morgan fingerprint density at radius 3 is 2.55 bits per heavy atom. The zero-order valence-electron chi connectivity index (χ0n) is 12.4. The summed E-state index contributed by atoms with van der Waals surface area (Å²) in [5, 5.41) is 1.15. The first-order valence-electron chi connectivity index (χ1n) is 7.13. The Labute approximate surface area is 119 Å². The summed E-state index contributed by atoms with van der Waals surface area (Å²) >= 11 is 0. The van der Waals surface area contributed by atoms with Crippen LogP contribution in [-0.4, -0.2) is 53.9 Å². The van der Waals surface area contributed by atoms with Crippen LogP contribution in [-0.2, 0) is 0 Å². The Kier molecular flexibility index (Phi) is 3.26. The zero-order valence-corrected chi connectivity index (χ0v) is 12.4. The van der Waals surface area contributed by atoms with Crippen molar-refractivity contribution in [3.05, 3.63) is 35.0 Å². The molecule has 1 saturated heterocycles. The topological polar surface area (TPSA) is 39.3 Å². The molecule has 0 unspecified atom stereocenters. The maximum Gasteiger partial charge on any atom is 0.270 e. The lowest BCUT2D eigenvalue weighted by Crippen LogP contribution is -2.47. The summed E-state index contributed by atoms with van der Waals surface area (Å²) in [5.74, 6) is 0.129. The van der Waals surface area contributed by atoms with Gasteiger partial charge in [0.2, 0.25) is 0 Å². The summed E-state index contributed by atoms with van der Waals surface area (Å²) in [4.78, 5) is 20.2. The van der Waals surface area contributed by atoms with Crippen LogP contribution in [0.25, 0.3) is 10.9 Å². The summed E-state index contributed by atoms with van der Waals surface area (Å²) in [6, 6.07) is 6.29. The molecule has 1 aliphatic rings. The van der Waals surface area contributed by atoms with Crippen molar-refractivity contribution in [1.82, 2.24) is 14.8 Å². The number of aryl methyl sites for hydroxylation is 2. The molecule has 1 aliphatic heterocycles. The fourth-order valence-electron chi connectivity index (χ4n) is 2.83. The van der Waals surface area contributed by atoms with Gasteiger partial charge in [-0.1, -0.05) is 12.1 Å². The SMILES string of the molecule is Cc1ccc2c(C)c(C(=O)N3CCN(C)CC3)[nH]c2c1. The van der Waals surface area contributed by atoms with Gasteiger partial charge in [-0.3, -0.25) is 4.79 Å². The number of aromatic amines is 1. The Bertz CT molecular complexity index is 651. The van der Waals surface area contributed by atoms with Crippen LogP contribution in [0.2, 0.25) is 0 Å². The number of piperazine rings is 1. The van der Waals surface area contributed by atoms with Crippen molar-refractivity contribution in [3.63, 3.8) is 0 Å². The smallest absolute Gasteiger partial charge is 0.270 e. The maximum atomic E-state index is 12.7. The lowest BCUT2D eigenvalue weighted by atomic mass is 10.1. The first-order valence-corrected chi connectivity index (χ1v) is 7.13. The minimum Gasteiger partial charge on any atom is -0.350 e. The molecule has 2 heterocycles. The highest BCUT2D eigenvalue weighted by Crippen LogP contribution is 2.24. The third-order valence-electron chi connectivity index (χ3n) is 4.22. The number of rotatable bonds is 1. The maximum absolute atomic E-state index is 12.7. The van der Waals surface area contributed by atoms with E-state index in [-0.39, 0.29) is 5.91 Å². The van der Waals surface area contributed by atoms with Crippen LogP contribution in [0.5, 0.6) is 0 Å². The van der Waals surface area contributed by atoms with Gasteiger partial charge < -0.3 is 14.8 Å². The Balaban J connectivity index is 1.93. The van der Waals surface area contributed by atoms with Crippen LogP contribution in [0.15, 0.2) is 18.2 Å². The molecule has 0 radical (unpaired) electrons. The van der Waals surface area contributed by atoms with Gasteiger partial charge in [0.05, 0.1) is 0 Å². The van der Waals surface area contributed by atoms with Gasteiger partial charge in [-0.2, -0.15) is 0 Å². The first kappa shape index (κ1) is 13.2. The van der Waals surface area contributed by atoms with Crippen LogP contribution in [0, 0.1) is 13.8 Å². The number of H-pyrrole nitrogens is 1. The van der Waals surface area contributed by atoms with Crippen LogP contribution in [0.3, 0.4) is 0 Å². The van der Waals surface area contributed by atoms with E-state index in [9.17, 15) is 4.79 Å². The molecule has 1 amide bonds. The molecule has 0 spiro atoms. The normalized spacial score (nSPS) is 16.9. The van der Waals surface area contributed by atoms with Gasteiger partial charge in [-0.25, -0.2) is 0 Å². The van der Waals surface area contributed by atoms with Gasteiger partial charge in [0.15, 0.2) is 0 Å². The number of likely N-dealkylation sites (N-methyl/N-ethyl adjacent to an activating group) is 1. The fourth-order valence-corrected chi connectivity index (χ4v) is 2.83. The number of benzene rings is 1. The van der Waals surface area contributed by atoms with Crippen molar-refractivity contribution in [1.29, 1.82) is 0 Å². The molecule has 1 aromatic carbocycles. The predicted octanol–water partition coefficient (Wildman–Crippen LogP) is 2.17. The molecule has 0 atom stereocenters. The van der Waals surface area contributed by atoms with Gasteiger partial charge in [-0.05, 0) is 38.1 Å². The quantitative estimate of drug-likeness (QED) is 0.863. The fraction of sp³-hybridized carbons (Fsp3) is 0.438. The van der Waals surface area contributed by atoms with Crippen molar-refractivity contribution in [2.45, 2.75) is 13.8 Å². The number of fused-ring (bicyclic) bond motifs is 1. The largest absolute Gasteiger partial charge is 0.350 e. The molecule has 0 aliphatic carbocycles. The Hall–Kier alpha value is -1.81. The van der Waals surface area contributed by atoms with Crippen molar-refractivity contribution in [2.75, 3.05) is 33.2 Å². The lowest BCUT2D eigenvalue weighted by molar-refractivity contribution is 0.0658. The minimum atomic E-state index is 0.129. The van der Waals surface area contributed by atoms with Crippen LogP contribution >= 0.6 is 0 Å². The Morgan fingerprint density at radius 1 is 1.15 bits per heavy atom. The van der Waals surface area contributed by atoms with E-state index in [4.69, 9.17) is 0 Å². The molecular weight excluding hydrogens is 250 g/mol. The van der Waals surface area contributed by atoms with Crippen molar-refractivity contribution < 1.29 is 4.79 Å². The molecule has 1 N–H and O–H groups in total. The number of amides is 1. The van der Waals surface area contributed by atoms with E-state index in [1.54, 1.807) is 0 Å². The second-order valence-corrected chi connectivity index (χ2v) is 5.77. The van der Waals surface area contributed by atoms with Gasteiger partial charge in [-0.15, -0.1) is 0 Å². The van der Waals surface area contributed by atoms with E-state index in [1.165, 1.54) is 5.56 Å². The van der Waals surface area contributed by atoms with E-state index < -0.39 is 0 Å². The summed E-state index contributed by atoms with van der Waals surface area (Å²) in [6.45, 7) is 7.61. The van der Waals surface area contributed by atoms with E-state index in [2.05, 4.69) is 42.1 Å². The number of carbonyl (C=O) groups excluding carboxylic acids is 1. The van der Waals surface area contributed by atoms with Crippen molar-refractivity contribution in [3.8, 4) is 0 Å². The van der Waals surface area contributed by atoms with Crippen molar-refractivity contribution >= 4 is 16.8 Å². The molecule has 0 bridgehead atoms. The summed E-state index contributed by atoms with van der Waals surface area (Å²) in [5.41, 5.74) is 4.07. The van der Waals surface area contributed by atoms with E-state index in [0.717, 1.165) is 48.3 Å². The number of hydrogen-bond donors (Lipinski definition) is 1. The molecular formula is C16H21N3O.